The van der Waals surface area contributed by atoms with Crippen LogP contribution in [0.2, 0.25) is 0 Å². The molecule has 0 heterocycles. The monoisotopic (exact) mass is 472 g/mol. The summed E-state index contributed by atoms with van der Waals surface area (Å²) < 4.78 is 0.607. The Balaban J connectivity index is 0.00000261. The topological polar surface area (TPSA) is 52.8 Å². The molecule has 3 rings (SSSR count). The molecule has 27 heavy (non-hydrogen) atoms. The van der Waals surface area contributed by atoms with Crippen LogP contribution in [0.15, 0.2) is 88.3 Å². The van der Waals surface area contributed by atoms with Gasteiger partial charge in [-0.15, -0.1) is 0 Å². The van der Waals surface area contributed by atoms with Gasteiger partial charge in [0.1, 0.15) is 11.4 Å². The number of hydrogen-bond donors (Lipinski definition) is 2. The van der Waals surface area contributed by atoms with E-state index in [4.69, 9.17) is 0 Å². The van der Waals surface area contributed by atoms with Gasteiger partial charge in [-0.25, -0.2) is 0 Å². The fourth-order valence-electron chi connectivity index (χ4n) is 2.97. The largest absolute Gasteiger partial charge is 0.506 e. The van der Waals surface area contributed by atoms with Gasteiger partial charge >= 0.3 is 0 Å². The zero-order valence-corrected chi connectivity index (χ0v) is 17.2. The van der Waals surface area contributed by atoms with Gasteiger partial charge in [-0.3, -0.25) is 4.99 Å². The Hall–Kier alpha value is -1.91. The molecule has 0 aliphatic rings. The van der Waals surface area contributed by atoms with Crippen molar-refractivity contribution in [3.63, 3.8) is 0 Å². The van der Waals surface area contributed by atoms with Crippen molar-refractivity contribution in [3.05, 3.63) is 100 Å². The number of aliphatic imine (C=N–C) groups is 1. The average molecular weight is 474 g/mol. The molecule has 1 radical (unpaired) electrons. The van der Waals surface area contributed by atoms with Crippen LogP contribution in [0.1, 0.15) is 23.6 Å². The molecular weight excluding hydrogens is 454 g/mol. The van der Waals surface area contributed by atoms with Gasteiger partial charge in [-0.1, -0.05) is 66.7 Å². The maximum atomic E-state index is 11.6. The number of phenols is 1. The Labute approximate surface area is 178 Å². The van der Waals surface area contributed by atoms with Crippen LogP contribution < -0.4 is 0 Å². The van der Waals surface area contributed by atoms with Crippen molar-refractivity contribution in [1.82, 2.24) is 0 Å². The molecule has 0 bridgehead atoms. The second-order valence-corrected chi connectivity index (χ2v) is 6.98. The minimum atomic E-state index is -1.28. The van der Waals surface area contributed by atoms with Crippen LogP contribution in [-0.2, 0) is 22.7 Å². The van der Waals surface area contributed by atoms with Crippen molar-refractivity contribution in [2.75, 3.05) is 0 Å². The fourth-order valence-corrected chi connectivity index (χ4v) is 3.35. The average Bonchev–Trinajstić information content (AvgIpc) is 2.69. The van der Waals surface area contributed by atoms with Crippen molar-refractivity contribution in [2.24, 2.45) is 4.99 Å². The molecule has 0 fully saturated rings. The molecule has 0 aliphatic carbocycles. The molecule has 3 aromatic carbocycles. The first-order valence-electron chi connectivity index (χ1n) is 8.37. The molecule has 0 amide bonds. The molecule has 0 aliphatic heterocycles. The summed E-state index contributed by atoms with van der Waals surface area (Å²) in [6.45, 7) is 1.87. The van der Waals surface area contributed by atoms with Gasteiger partial charge in [0.15, 0.2) is 0 Å². The maximum absolute atomic E-state index is 11.6. The zero-order valence-electron chi connectivity index (χ0n) is 14.7. The van der Waals surface area contributed by atoms with Crippen molar-refractivity contribution >= 4 is 22.1 Å². The number of halogens is 1. The molecule has 0 unspecified atom stereocenters. The number of benzene rings is 3. The van der Waals surface area contributed by atoms with Crippen LogP contribution in [-0.4, -0.2) is 22.5 Å². The van der Waals surface area contributed by atoms with E-state index in [1.165, 1.54) is 0 Å². The molecular formula is C22H20BrCuNO2. The molecule has 3 nitrogen and oxygen atoms in total. The summed E-state index contributed by atoms with van der Waals surface area (Å²) in [5, 5.41) is 21.8. The Morgan fingerprint density at radius 1 is 0.889 bits per heavy atom. The van der Waals surface area contributed by atoms with E-state index in [1.807, 2.05) is 73.7 Å². The van der Waals surface area contributed by atoms with Gasteiger partial charge in [0.05, 0.1) is 10.5 Å². The van der Waals surface area contributed by atoms with E-state index in [-0.39, 0.29) is 22.8 Å². The Morgan fingerprint density at radius 2 is 1.41 bits per heavy atom. The predicted molar refractivity (Wildman–Crippen MR) is 109 cm³/mol. The molecule has 1 atom stereocenters. The molecule has 0 saturated carbocycles. The van der Waals surface area contributed by atoms with Gasteiger partial charge in [0.25, 0.3) is 0 Å². The van der Waals surface area contributed by atoms with E-state index in [0.717, 1.165) is 11.1 Å². The predicted octanol–water partition coefficient (Wildman–Crippen LogP) is 4.90. The van der Waals surface area contributed by atoms with E-state index in [9.17, 15) is 10.2 Å². The number of aliphatic hydroxyl groups is 1. The van der Waals surface area contributed by atoms with E-state index >= 15 is 0 Å². The Bertz CT molecular complexity index is 861. The van der Waals surface area contributed by atoms with Gasteiger partial charge in [-0.05, 0) is 46.1 Å². The van der Waals surface area contributed by atoms with Crippen LogP contribution in [0.5, 0.6) is 5.75 Å². The SMILES string of the molecule is C[C@@H](N=Cc1cccc(Br)c1O)C(O)(c1ccccc1)c1ccccc1.[Cu]. The van der Waals surface area contributed by atoms with Gasteiger partial charge in [-0.2, -0.15) is 0 Å². The molecule has 0 saturated heterocycles. The second-order valence-electron chi connectivity index (χ2n) is 6.13. The fraction of sp³-hybridized carbons (Fsp3) is 0.136. The third kappa shape index (κ3) is 4.50. The third-order valence-electron chi connectivity index (χ3n) is 4.49. The van der Waals surface area contributed by atoms with Gasteiger partial charge in [0.2, 0.25) is 0 Å². The molecule has 0 spiro atoms. The standard InChI is InChI=1S/C22H20BrNO2.Cu/c1-16(24-15-17-9-8-14-20(23)21(17)25)22(26,18-10-4-2-5-11-18)19-12-6-3-7-13-19;/h2-16,25-26H,1H3;/t16-;/m1./s1. The third-order valence-corrected chi connectivity index (χ3v) is 5.13. The van der Waals surface area contributed by atoms with Crippen molar-refractivity contribution in [2.45, 2.75) is 18.6 Å². The van der Waals surface area contributed by atoms with E-state index < -0.39 is 11.6 Å². The number of aromatic hydroxyl groups is 1. The van der Waals surface area contributed by atoms with Crippen molar-refractivity contribution in [1.29, 1.82) is 0 Å². The van der Waals surface area contributed by atoms with E-state index in [0.29, 0.717) is 10.0 Å². The Kier molecular flexibility index (Phi) is 7.40. The summed E-state index contributed by atoms with van der Waals surface area (Å²) in [5.74, 6) is 0.131. The van der Waals surface area contributed by atoms with Gasteiger partial charge in [0, 0.05) is 28.8 Å². The number of rotatable bonds is 5. The summed E-state index contributed by atoms with van der Waals surface area (Å²) in [6, 6.07) is 23.9. The minimum Gasteiger partial charge on any atom is -0.506 e. The van der Waals surface area contributed by atoms with Crippen molar-refractivity contribution in [3.8, 4) is 5.75 Å². The number of para-hydroxylation sites is 1. The van der Waals surface area contributed by atoms with E-state index in [2.05, 4.69) is 20.9 Å². The molecule has 5 heteroatoms. The zero-order chi connectivity index (χ0) is 18.6. The summed E-state index contributed by atoms with van der Waals surface area (Å²) in [5.41, 5.74) is 0.860. The maximum Gasteiger partial charge on any atom is 0.138 e. The van der Waals surface area contributed by atoms with Crippen LogP contribution in [0.25, 0.3) is 0 Å². The molecule has 0 aromatic heterocycles. The smallest absolute Gasteiger partial charge is 0.138 e. The van der Waals surface area contributed by atoms with Crippen LogP contribution >= 0.6 is 15.9 Å². The summed E-state index contributed by atoms with van der Waals surface area (Å²) in [4.78, 5) is 4.57. The molecule has 3 aromatic rings. The summed E-state index contributed by atoms with van der Waals surface area (Å²) >= 11 is 3.30. The molecule has 2 N–H and O–H groups in total. The number of hydrogen-bond acceptors (Lipinski definition) is 3. The van der Waals surface area contributed by atoms with Gasteiger partial charge < -0.3 is 10.2 Å². The van der Waals surface area contributed by atoms with Crippen LogP contribution in [0.4, 0.5) is 0 Å². The first kappa shape index (κ1) is 21.4. The normalized spacial score (nSPS) is 12.6. The van der Waals surface area contributed by atoms with Crippen molar-refractivity contribution < 1.29 is 27.3 Å². The first-order valence-corrected chi connectivity index (χ1v) is 9.17. The first-order chi connectivity index (χ1) is 12.5. The second kappa shape index (κ2) is 9.34. The van der Waals surface area contributed by atoms with Crippen LogP contribution in [0.3, 0.4) is 0 Å². The van der Waals surface area contributed by atoms with E-state index in [1.54, 1.807) is 18.3 Å². The number of nitrogens with zero attached hydrogens (tertiary/aromatic N) is 1. The minimum absolute atomic E-state index is 0. The summed E-state index contributed by atoms with van der Waals surface area (Å²) in [7, 11) is 0. The molecule has 143 valence electrons. The number of phenolic OH excluding ortho intramolecular Hbond substituents is 1. The summed E-state index contributed by atoms with van der Waals surface area (Å²) in [6.07, 6.45) is 1.60. The quantitative estimate of drug-likeness (QED) is 0.409. The Morgan fingerprint density at radius 3 is 1.93 bits per heavy atom. The van der Waals surface area contributed by atoms with Crippen LogP contribution in [0, 0.1) is 0 Å².